The molecular formula is C16H25FN2. The standard InChI is InChI=1S/C16H25FN2/c1-2-13-4-3-10-16(12-18,11-9-13)19-15-7-5-14(17)6-8-15/h5-8,13,19H,2-4,9-12,18H2,1H3. The Labute approximate surface area is 115 Å². The molecule has 1 aliphatic rings. The Morgan fingerprint density at radius 2 is 2.00 bits per heavy atom. The molecule has 0 amide bonds. The van der Waals surface area contributed by atoms with E-state index in [-0.39, 0.29) is 11.4 Å². The van der Waals surface area contributed by atoms with E-state index in [1.165, 1.54) is 37.8 Å². The second-order valence-electron chi connectivity index (χ2n) is 5.82. The second-order valence-corrected chi connectivity index (χ2v) is 5.82. The van der Waals surface area contributed by atoms with Gasteiger partial charge in [0.25, 0.3) is 0 Å². The van der Waals surface area contributed by atoms with Crippen molar-refractivity contribution in [2.45, 2.75) is 51.0 Å². The van der Waals surface area contributed by atoms with Gasteiger partial charge in [0.2, 0.25) is 0 Å². The molecule has 3 N–H and O–H groups in total. The second kappa shape index (κ2) is 6.38. The highest BCUT2D eigenvalue weighted by Crippen LogP contribution is 2.33. The van der Waals surface area contributed by atoms with Gasteiger partial charge >= 0.3 is 0 Å². The van der Waals surface area contributed by atoms with Crippen molar-refractivity contribution in [1.29, 1.82) is 0 Å². The van der Waals surface area contributed by atoms with E-state index in [2.05, 4.69) is 12.2 Å². The Morgan fingerprint density at radius 3 is 2.63 bits per heavy atom. The molecule has 0 spiro atoms. The van der Waals surface area contributed by atoms with E-state index in [9.17, 15) is 4.39 Å². The highest BCUT2D eigenvalue weighted by molar-refractivity contribution is 5.45. The van der Waals surface area contributed by atoms with Crippen LogP contribution in [-0.2, 0) is 0 Å². The molecule has 1 aliphatic carbocycles. The zero-order chi connectivity index (χ0) is 13.7. The first-order chi connectivity index (χ1) is 9.17. The van der Waals surface area contributed by atoms with Crippen molar-refractivity contribution >= 4 is 5.69 Å². The van der Waals surface area contributed by atoms with Crippen molar-refractivity contribution in [1.82, 2.24) is 0 Å². The molecule has 1 aromatic rings. The van der Waals surface area contributed by atoms with Gasteiger partial charge in [0.15, 0.2) is 0 Å². The molecule has 1 aromatic carbocycles. The SMILES string of the molecule is CCC1CCCC(CN)(Nc2ccc(F)cc2)CC1. The van der Waals surface area contributed by atoms with Crippen LogP contribution in [0.5, 0.6) is 0 Å². The Hall–Kier alpha value is -1.09. The maximum absolute atomic E-state index is 13.0. The van der Waals surface area contributed by atoms with Gasteiger partial charge in [-0.2, -0.15) is 0 Å². The van der Waals surface area contributed by atoms with Crippen LogP contribution in [0.25, 0.3) is 0 Å². The molecule has 19 heavy (non-hydrogen) atoms. The van der Waals surface area contributed by atoms with E-state index in [0.717, 1.165) is 24.4 Å². The van der Waals surface area contributed by atoms with E-state index in [4.69, 9.17) is 5.73 Å². The summed E-state index contributed by atoms with van der Waals surface area (Å²) in [6, 6.07) is 6.60. The molecule has 2 unspecified atom stereocenters. The Bertz CT molecular complexity index is 390. The van der Waals surface area contributed by atoms with E-state index in [1.807, 2.05) is 0 Å². The van der Waals surface area contributed by atoms with Crippen LogP contribution < -0.4 is 11.1 Å². The van der Waals surface area contributed by atoms with Crippen LogP contribution >= 0.6 is 0 Å². The largest absolute Gasteiger partial charge is 0.378 e. The van der Waals surface area contributed by atoms with Gasteiger partial charge in [-0.05, 0) is 49.4 Å². The lowest BCUT2D eigenvalue weighted by Crippen LogP contribution is -2.45. The summed E-state index contributed by atoms with van der Waals surface area (Å²) in [7, 11) is 0. The van der Waals surface area contributed by atoms with Gasteiger partial charge in [-0.15, -0.1) is 0 Å². The van der Waals surface area contributed by atoms with Gasteiger partial charge < -0.3 is 11.1 Å². The lowest BCUT2D eigenvalue weighted by molar-refractivity contribution is 0.398. The Balaban J connectivity index is 2.07. The van der Waals surface area contributed by atoms with Crippen LogP contribution in [0, 0.1) is 11.7 Å². The third kappa shape index (κ3) is 3.69. The van der Waals surface area contributed by atoms with Crippen LogP contribution in [0.4, 0.5) is 10.1 Å². The van der Waals surface area contributed by atoms with Crippen LogP contribution in [0.1, 0.15) is 45.4 Å². The number of nitrogens with two attached hydrogens (primary N) is 1. The quantitative estimate of drug-likeness (QED) is 0.809. The first kappa shape index (κ1) is 14.3. The highest BCUT2D eigenvalue weighted by atomic mass is 19.1. The molecule has 0 radical (unpaired) electrons. The number of hydrogen-bond donors (Lipinski definition) is 2. The van der Waals surface area contributed by atoms with Gasteiger partial charge in [-0.1, -0.05) is 26.2 Å². The summed E-state index contributed by atoms with van der Waals surface area (Å²) >= 11 is 0. The number of rotatable bonds is 4. The predicted molar refractivity (Wildman–Crippen MR) is 78.7 cm³/mol. The molecule has 1 fully saturated rings. The van der Waals surface area contributed by atoms with Crippen molar-refractivity contribution < 1.29 is 4.39 Å². The molecule has 2 rings (SSSR count). The van der Waals surface area contributed by atoms with Gasteiger partial charge in [0.1, 0.15) is 5.82 Å². The summed E-state index contributed by atoms with van der Waals surface area (Å²) in [4.78, 5) is 0. The molecule has 0 aromatic heterocycles. The van der Waals surface area contributed by atoms with E-state index >= 15 is 0 Å². The monoisotopic (exact) mass is 264 g/mol. The zero-order valence-corrected chi connectivity index (χ0v) is 11.8. The summed E-state index contributed by atoms with van der Waals surface area (Å²) in [5.41, 5.74) is 7.00. The predicted octanol–water partition coefficient (Wildman–Crippen LogP) is 3.93. The van der Waals surface area contributed by atoms with Crippen molar-refractivity contribution in [2.24, 2.45) is 11.7 Å². The number of anilines is 1. The van der Waals surface area contributed by atoms with Crippen molar-refractivity contribution in [3.8, 4) is 0 Å². The third-order valence-electron chi connectivity index (χ3n) is 4.52. The minimum Gasteiger partial charge on any atom is -0.378 e. The molecule has 0 heterocycles. The zero-order valence-electron chi connectivity index (χ0n) is 11.8. The topological polar surface area (TPSA) is 38.0 Å². The molecule has 2 nitrogen and oxygen atoms in total. The molecular weight excluding hydrogens is 239 g/mol. The number of hydrogen-bond acceptors (Lipinski definition) is 2. The average molecular weight is 264 g/mol. The molecule has 2 atom stereocenters. The van der Waals surface area contributed by atoms with Crippen LogP contribution in [0.2, 0.25) is 0 Å². The fraction of sp³-hybridized carbons (Fsp3) is 0.625. The highest BCUT2D eigenvalue weighted by Gasteiger charge is 2.31. The maximum atomic E-state index is 13.0. The van der Waals surface area contributed by atoms with Crippen LogP contribution in [-0.4, -0.2) is 12.1 Å². The fourth-order valence-electron chi connectivity index (χ4n) is 3.11. The minimum absolute atomic E-state index is 0.0122. The molecule has 106 valence electrons. The molecule has 0 bridgehead atoms. The van der Waals surface area contributed by atoms with Gasteiger partial charge in [0, 0.05) is 17.8 Å². The van der Waals surface area contributed by atoms with Crippen LogP contribution in [0.3, 0.4) is 0 Å². The van der Waals surface area contributed by atoms with Gasteiger partial charge in [-0.3, -0.25) is 0 Å². The maximum Gasteiger partial charge on any atom is 0.123 e. The number of nitrogens with one attached hydrogen (secondary N) is 1. The molecule has 0 aliphatic heterocycles. The van der Waals surface area contributed by atoms with E-state index in [1.54, 1.807) is 12.1 Å². The van der Waals surface area contributed by atoms with Gasteiger partial charge in [-0.25, -0.2) is 4.39 Å². The lowest BCUT2D eigenvalue weighted by Gasteiger charge is -2.34. The van der Waals surface area contributed by atoms with E-state index < -0.39 is 0 Å². The Kier molecular flexibility index (Phi) is 4.81. The molecule has 1 saturated carbocycles. The smallest absolute Gasteiger partial charge is 0.123 e. The van der Waals surface area contributed by atoms with Crippen molar-refractivity contribution in [2.75, 3.05) is 11.9 Å². The Morgan fingerprint density at radius 1 is 1.26 bits per heavy atom. The van der Waals surface area contributed by atoms with Crippen molar-refractivity contribution in [3.63, 3.8) is 0 Å². The summed E-state index contributed by atoms with van der Waals surface area (Å²) < 4.78 is 13.0. The lowest BCUT2D eigenvalue weighted by atomic mass is 9.89. The minimum atomic E-state index is -0.195. The normalized spacial score (nSPS) is 27.8. The summed E-state index contributed by atoms with van der Waals surface area (Å²) in [6.45, 7) is 2.91. The average Bonchev–Trinajstić information content (AvgIpc) is 2.64. The van der Waals surface area contributed by atoms with Crippen LogP contribution in [0.15, 0.2) is 24.3 Å². The van der Waals surface area contributed by atoms with Gasteiger partial charge in [0.05, 0.1) is 0 Å². The summed E-state index contributed by atoms with van der Waals surface area (Å²) in [5, 5.41) is 3.56. The fourth-order valence-corrected chi connectivity index (χ4v) is 3.11. The van der Waals surface area contributed by atoms with Crippen molar-refractivity contribution in [3.05, 3.63) is 30.1 Å². The summed E-state index contributed by atoms with van der Waals surface area (Å²) in [5.74, 6) is 0.641. The molecule has 0 saturated heterocycles. The third-order valence-corrected chi connectivity index (χ3v) is 4.52. The first-order valence-corrected chi connectivity index (χ1v) is 7.41. The summed E-state index contributed by atoms with van der Waals surface area (Å²) in [6.07, 6.45) is 7.25. The number of halogens is 1. The first-order valence-electron chi connectivity index (χ1n) is 7.41. The molecule has 3 heteroatoms. The number of benzene rings is 1. The van der Waals surface area contributed by atoms with E-state index in [0.29, 0.717) is 6.54 Å².